The Morgan fingerprint density at radius 2 is 2.26 bits per heavy atom. The molecular weight excluding hydrogens is 242 g/mol. The maximum Gasteiger partial charge on any atom is 0.250 e. The summed E-state index contributed by atoms with van der Waals surface area (Å²) >= 11 is 0. The molecule has 0 radical (unpaired) electrons. The third kappa shape index (κ3) is 3.38. The van der Waals surface area contributed by atoms with E-state index in [0.717, 1.165) is 31.7 Å². The number of nitrogens with zero attached hydrogens (tertiary/aromatic N) is 1. The van der Waals surface area contributed by atoms with Crippen LogP contribution in [-0.4, -0.2) is 32.2 Å². The second kappa shape index (κ2) is 5.93. The first-order valence-electron chi connectivity index (χ1n) is 6.60. The van der Waals surface area contributed by atoms with Crippen LogP contribution in [0.5, 0.6) is 0 Å². The van der Waals surface area contributed by atoms with Crippen molar-refractivity contribution in [2.24, 2.45) is 5.73 Å². The second-order valence-electron chi connectivity index (χ2n) is 5.01. The van der Waals surface area contributed by atoms with Gasteiger partial charge in [-0.3, -0.25) is 4.79 Å². The van der Waals surface area contributed by atoms with Crippen molar-refractivity contribution in [3.8, 4) is 0 Å². The van der Waals surface area contributed by atoms with E-state index in [0.29, 0.717) is 11.3 Å². The second-order valence-corrected chi connectivity index (χ2v) is 5.01. The lowest BCUT2D eigenvalue weighted by molar-refractivity contribution is 0.0216. The number of hydrogen-bond donors (Lipinski definition) is 2. The molecule has 4 N–H and O–H groups in total. The van der Waals surface area contributed by atoms with Crippen molar-refractivity contribution in [3.05, 3.63) is 23.8 Å². The number of hydrogen-bond acceptors (Lipinski definition) is 4. The predicted octanol–water partition coefficient (Wildman–Crippen LogP) is 1.37. The summed E-state index contributed by atoms with van der Waals surface area (Å²) < 4.78 is 5.71. The van der Waals surface area contributed by atoms with Crippen molar-refractivity contribution >= 4 is 17.3 Å². The van der Waals surface area contributed by atoms with E-state index in [9.17, 15) is 4.79 Å². The molecule has 0 aromatic heterocycles. The van der Waals surface area contributed by atoms with Gasteiger partial charge in [-0.05, 0) is 37.5 Å². The lowest BCUT2D eigenvalue weighted by atomic mass is 10.1. The Morgan fingerprint density at radius 3 is 2.89 bits per heavy atom. The molecule has 1 aromatic rings. The number of nitrogens with two attached hydrogens (primary N) is 2. The number of ether oxygens (including phenoxy) is 1. The predicted molar refractivity (Wildman–Crippen MR) is 76.2 cm³/mol. The Morgan fingerprint density at radius 1 is 1.47 bits per heavy atom. The average Bonchev–Trinajstić information content (AvgIpc) is 2.39. The lowest BCUT2D eigenvalue weighted by Crippen LogP contribution is -2.34. The fourth-order valence-corrected chi connectivity index (χ4v) is 2.43. The van der Waals surface area contributed by atoms with Crippen LogP contribution in [0, 0.1) is 0 Å². The van der Waals surface area contributed by atoms with Gasteiger partial charge >= 0.3 is 0 Å². The molecule has 5 heteroatoms. The van der Waals surface area contributed by atoms with Crippen LogP contribution in [0.2, 0.25) is 0 Å². The van der Waals surface area contributed by atoms with Crippen molar-refractivity contribution < 1.29 is 9.53 Å². The zero-order valence-corrected chi connectivity index (χ0v) is 11.3. The molecule has 1 saturated heterocycles. The molecule has 1 amide bonds. The van der Waals surface area contributed by atoms with Crippen LogP contribution in [0.1, 0.15) is 29.6 Å². The summed E-state index contributed by atoms with van der Waals surface area (Å²) in [4.78, 5) is 13.4. The van der Waals surface area contributed by atoms with E-state index in [1.54, 1.807) is 18.2 Å². The van der Waals surface area contributed by atoms with Gasteiger partial charge in [-0.25, -0.2) is 0 Å². The van der Waals surface area contributed by atoms with E-state index < -0.39 is 5.91 Å². The Kier molecular flexibility index (Phi) is 4.27. The number of anilines is 2. The largest absolute Gasteiger partial charge is 0.399 e. The highest BCUT2D eigenvalue weighted by molar-refractivity contribution is 5.99. The van der Waals surface area contributed by atoms with Crippen LogP contribution in [0.15, 0.2) is 18.2 Å². The average molecular weight is 263 g/mol. The SMILES string of the molecule is CN(CC1CCCCO1)c1cc(N)ccc1C(N)=O. The zero-order chi connectivity index (χ0) is 13.8. The van der Waals surface area contributed by atoms with E-state index in [4.69, 9.17) is 16.2 Å². The minimum atomic E-state index is -0.439. The summed E-state index contributed by atoms with van der Waals surface area (Å²) in [5.41, 5.74) is 13.1. The number of benzene rings is 1. The number of amides is 1. The first-order chi connectivity index (χ1) is 9.08. The van der Waals surface area contributed by atoms with Gasteiger partial charge in [0, 0.05) is 25.9 Å². The van der Waals surface area contributed by atoms with Gasteiger partial charge in [0.2, 0.25) is 0 Å². The standard InChI is InChI=1S/C14H21N3O2/c1-17(9-11-4-2-3-7-19-11)13-8-10(15)5-6-12(13)14(16)18/h5-6,8,11H,2-4,7,9,15H2,1H3,(H2,16,18). The Bertz CT molecular complexity index is 456. The number of primary amides is 1. The molecule has 2 rings (SSSR count). The lowest BCUT2D eigenvalue weighted by Gasteiger charge is -2.29. The summed E-state index contributed by atoms with van der Waals surface area (Å²) in [5, 5.41) is 0. The fourth-order valence-electron chi connectivity index (χ4n) is 2.43. The normalized spacial score (nSPS) is 19.1. The van der Waals surface area contributed by atoms with Crippen LogP contribution < -0.4 is 16.4 Å². The van der Waals surface area contributed by atoms with E-state index >= 15 is 0 Å². The highest BCUT2D eigenvalue weighted by Gasteiger charge is 2.19. The molecule has 1 aliphatic rings. The van der Waals surface area contributed by atoms with Gasteiger partial charge in [-0.1, -0.05) is 0 Å². The molecule has 0 bridgehead atoms. The van der Waals surface area contributed by atoms with Gasteiger partial charge in [-0.15, -0.1) is 0 Å². The number of nitrogen functional groups attached to an aromatic ring is 1. The molecule has 1 aliphatic heterocycles. The number of carbonyl (C=O) groups is 1. The molecule has 0 spiro atoms. The van der Waals surface area contributed by atoms with E-state index in [1.807, 2.05) is 11.9 Å². The number of rotatable bonds is 4. The summed E-state index contributed by atoms with van der Waals surface area (Å²) in [6, 6.07) is 5.14. The van der Waals surface area contributed by atoms with E-state index in [2.05, 4.69) is 0 Å². The maximum atomic E-state index is 11.5. The minimum Gasteiger partial charge on any atom is -0.399 e. The summed E-state index contributed by atoms with van der Waals surface area (Å²) in [5.74, 6) is -0.439. The molecule has 0 saturated carbocycles. The van der Waals surface area contributed by atoms with Crippen molar-refractivity contribution in [3.63, 3.8) is 0 Å². The van der Waals surface area contributed by atoms with Crippen LogP contribution in [0.25, 0.3) is 0 Å². The van der Waals surface area contributed by atoms with Crippen LogP contribution in [0.3, 0.4) is 0 Å². The molecule has 5 nitrogen and oxygen atoms in total. The summed E-state index contributed by atoms with van der Waals surface area (Å²) in [7, 11) is 1.93. The zero-order valence-electron chi connectivity index (χ0n) is 11.3. The van der Waals surface area contributed by atoms with E-state index in [1.165, 1.54) is 6.42 Å². The maximum absolute atomic E-state index is 11.5. The molecule has 1 aromatic carbocycles. The Balaban J connectivity index is 2.14. The van der Waals surface area contributed by atoms with Crippen LogP contribution in [-0.2, 0) is 4.74 Å². The first kappa shape index (κ1) is 13.7. The monoisotopic (exact) mass is 263 g/mol. The first-order valence-corrected chi connectivity index (χ1v) is 6.60. The summed E-state index contributed by atoms with van der Waals surface area (Å²) in [6.45, 7) is 1.56. The highest BCUT2D eigenvalue weighted by atomic mass is 16.5. The Labute approximate surface area is 113 Å². The van der Waals surface area contributed by atoms with Gasteiger partial charge in [0.1, 0.15) is 0 Å². The third-order valence-electron chi connectivity index (χ3n) is 3.45. The van der Waals surface area contributed by atoms with Gasteiger partial charge in [0.25, 0.3) is 5.91 Å². The summed E-state index contributed by atoms with van der Waals surface area (Å²) in [6.07, 6.45) is 3.59. The van der Waals surface area contributed by atoms with Crippen molar-refractivity contribution in [2.45, 2.75) is 25.4 Å². The Hall–Kier alpha value is -1.75. The van der Waals surface area contributed by atoms with Crippen molar-refractivity contribution in [2.75, 3.05) is 30.8 Å². The molecule has 104 valence electrons. The third-order valence-corrected chi connectivity index (χ3v) is 3.45. The van der Waals surface area contributed by atoms with Crippen molar-refractivity contribution in [1.82, 2.24) is 0 Å². The fraction of sp³-hybridized carbons (Fsp3) is 0.500. The molecule has 19 heavy (non-hydrogen) atoms. The molecule has 1 unspecified atom stereocenters. The quantitative estimate of drug-likeness (QED) is 0.804. The molecule has 1 heterocycles. The molecular formula is C14H21N3O2. The van der Waals surface area contributed by atoms with Gasteiger partial charge in [0.05, 0.1) is 17.4 Å². The number of likely N-dealkylation sites (N-methyl/N-ethyl adjacent to an activating group) is 1. The van der Waals surface area contributed by atoms with E-state index in [-0.39, 0.29) is 6.10 Å². The van der Waals surface area contributed by atoms with Crippen LogP contribution in [0.4, 0.5) is 11.4 Å². The molecule has 1 fully saturated rings. The van der Waals surface area contributed by atoms with Crippen molar-refractivity contribution in [1.29, 1.82) is 0 Å². The smallest absolute Gasteiger partial charge is 0.250 e. The van der Waals surface area contributed by atoms with Gasteiger partial charge in [0.15, 0.2) is 0 Å². The molecule has 0 aliphatic carbocycles. The minimum absolute atomic E-state index is 0.209. The van der Waals surface area contributed by atoms with Gasteiger partial charge in [-0.2, -0.15) is 0 Å². The van der Waals surface area contributed by atoms with Gasteiger partial charge < -0.3 is 21.1 Å². The van der Waals surface area contributed by atoms with Crippen LogP contribution >= 0.6 is 0 Å². The number of carbonyl (C=O) groups excluding carboxylic acids is 1. The highest BCUT2D eigenvalue weighted by Crippen LogP contribution is 2.24. The topological polar surface area (TPSA) is 81.6 Å². The molecule has 1 atom stereocenters.